The summed E-state index contributed by atoms with van der Waals surface area (Å²) in [5.41, 5.74) is 2.47. The number of aromatic nitrogens is 3. The molecule has 1 aliphatic carbocycles. The quantitative estimate of drug-likeness (QED) is 0.800. The van der Waals surface area contributed by atoms with Crippen LogP contribution in [0.4, 0.5) is 0 Å². The number of aliphatic hydroxyl groups is 1. The lowest BCUT2D eigenvalue weighted by Crippen LogP contribution is -2.43. The zero-order valence-corrected chi connectivity index (χ0v) is 16.7. The van der Waals surface area contributed by atoms with Gasteiger partial charge in [-0.1, -0.05) is 37.7 Å². The van der Waals surface area contributed by atoms with E-state index in [2.05, 4.69) is 48.3 Å². The Bertz CT molecular complexity index is 812. The SMILES string of the molecule is CC(C)c1ccc(-n2cnnc2SCC(=O)N2CCC3(CC(O)C3)C2)cc1. The van der Waals surface area contributed by atoms with E-state index in [0.29, 0.717) is 11.7 Å². The number of amides is 1. The average Bonchev–Trinajstić information content (AvgIpc) is 3.27. The van der Waals surface area contributed by atoms with Crippen LogP contribution in [0.5, 0.6) is 0 Å². The molecule has 0 unspecified atom stereocenters. The van der Waals surface area contributed by atoms with Crippen molar-refractivity contribution in [2.75, 3.05) is 18.8 Å². The van der Waals surface area contributed by atoms with Gasteiger partial charge in [-0.3, -0.25) is 9.36 Å². The summed E-state index contributed by atoms with van der Waals surface area (Å²) >= 11 is 1.43. The van der Waals surface area contributed by atoms with Gasteiger partial charge in [-0.05, 0) is 48.3 Å². The van der Waals surface area contributed by atoms with Gasteiger partial charge in [0.05, 0.1) is 11.9 Å². The van der Waals surface area contributed by atoms with Crippen molar-refractivity contribution in [3.63, 3.8) is 0 Å². The molecular formula is C20H26N4O2S. The summed E-state index contributed by atoms with van der Waals surface area (Å²) in [5.74, 6) is 0.997. The minimum Gasteiger partial charge on any atom is -0.393 e. The standard InChI is InChI=1S/C20H26N4O2S/c1-14(2)15-3-5-16(6-4-15)24-13-21-22-19(24)27-11-18(26)23-8-7-20(12-23)9-17(25)10-20/h3-6,13-14,17,25H,7-12H2,1-2H3. The zero-order chi connectivity index (χ0) is 19.0. The van der Waals surface area contributed by atoms with Crippen molar-refractivity contribution >= 4 is 17.7 Å². The predicted molar refractivity (Wildman–Crippen MR) is 105 cm³/mol. The Labute approximate surface area is 164 Å². The van der Waals surface area contributed by atoms with Gasteiger partial charge in [0, 0.05) is 18.8 Å². The minimum atomic E-state index is -0.171. The van der Waals surface area contributed by atoms with E-state index in [1.54, 1.807) is 6.33 Å². The molecule has 0 radical (unpaired) electrons. The van der Waals surface area contributed by atoms with E-state index in [1.807, 2.05) is 9.47 Å². The third-order valence-corrected chi connectivity index (χ3v) is 6.74. The van der Waals surface area contributed by atoms with E-state index in [1.165, 1.54) is 17.3 Å². The fourth-order valence-corrected chi connectivity index (χ4v) is 4.99. The van der Waals surface area contributed by atoms with Crippen molar-refractivity contribution < 1.29 is 9.90 Å². The Morgan fingerprint density at radius 2 is 2.07 bits per heavy atom. The van der Waals surface area contributed by atoms with E-state index in [0.717, 1.165) is 43.2 Å². The molecule has 7 heteroatoms. The van der Waals surface area contributed by atoms with Crippen LogP contribution in [0, 0.1) is 5.41 Å². The number of aliphatic hydroxyl groups excluding tert-OH is 1. The van der Waals surface area contributed by atoms with Gasteiger partial charge in [-0.15, -0.1) is 10.2 Å². The van der Waals surface area contributed by atoms with Crippen LogP contribution in [-0.2, 0) is 4.79 Å². The molecule has 0 atom stereocenters. The number of benzene rings is 1. The Hall–Kier alpha value is -1.86. The molecule has 27 heavy (non-hydrogen) atoms. The number of carbonyl (C=O) groups excluding carboxylic acids is 1. The first kappa shape index (κ1) is 18.5. The molecule has 2 aromatic rings. The Kier molecular flexibility index (Phi) is 4.99. The Morgan fingerprint density at radius 1 is 1.33 bits per heavy atom. The summed E-state index contributed by atoms with van der Waals surface area (Å²) in [6.07, 6.45) is 4.21. The van der Waals surface area contributed by atoms with E-state index >= 15 is 0 Å². The lowest BCUT2D eigenvalue weighted by molar-refractivity contribution is -0.128. The molecule has 1 aromatic heterocycles. The molecule has 4 rings (SSSR count). The molecule has 2 aliphatic rings. The van der Waals surface area contributed by atoms with Crippen LogP contribution in [0.25, 0.3) is 5.69 Å². The number of rotatable bonds is 5. The molecular weight excluding hydrogens is 360 g/mol. The predicted octanol–water partition coefficient (Wildman–Crippen LogP) is 2.86. The molecule has 1 amide bonds. The van der Waals surface area contributed by atoms with Gasteiger partial charge in [0.1, 0.15) is 6.33 Å². The normalized spacial score (nSPS) is 24.6. The fraction of sp³-hybridized carbons (Fsp3) is 0.550. The van der Waals surface area contributed by atoms with Crippen molar-refractivity contribution in [1.82, 2.24) is 19.7 Å². The van der Waals surface area contributed by atoms with Gasteiger partial charge in [0.15, 0.2) is 5.16 Å². The van der Waals surface area contributed by atoms with Gasteiger partial charge in [0.2, 0.25) is 5.91 Å². The Balaban J connectivity index is 1.37. The number of carbonyl (C=O) groups is 1. The largest absolute Gasteiger partial charge is 0.393 e. The highest BCUT2D eigenvalue weighted by Gasteiger charge is 2.48. The van der Waals surface area contributed by atoms with Gasteiger partial charge in [-0.25, -0.2) is 0 Å². The molecule has 0 bridgehead atoms. The lowest BCUT2D eigenvalue weighted by Gasteiger charge is -2.42. The monoisotopic (exact) mass is 386 g/mol. The van der Waals surface area contributed by atoms with Crippen LogP contribution in [0.15, 0.2) is 35.7 Å². The summed E-state index contributed by atoms with van der Waals surface area (Å²) in [5, 5.41) is 18.5. The van der Waals surface area contributed by atoms with Gasteiger partial charge in [0.25, 0.3) is 0 Å². The van der Waals surface area contributed by atoms with Gasteiger partial charge >= 0.3 is 0 Å². The molecule has 2 heterocycles. The molecule has 144 valence electrons. The van der Waals surface area contributed by atoms with Crippen molar-refractivity contribution in [2.24, 2.45) is 5.41 Å². The van der Waals surface area contributed by atoms with Crippen LogP contribution in [-0.4, -0.2) is 55.6 Å². The summed E-state index contributed by atoms with van der Waals surface area (Å²) < 4.78 is 1.93. The zero-order valence-electron chi connectivity index (χ0n) is 15.8. The van der Waals surface area contributed by atoms with Crippen molar-refractivity contribution in [1.29, 1.82) is 0 Å². The van der Waals surface area contributed by atoms with E-state index in [4.69, 9.17) is 0 Å². The second-order valence-corrected chi connectivity index (χ2v) is 9.09. The number of thioether (sulfide) groups is 1. The topological polar surface area (TPSA) is 71.2 Å². The number of nitrogens with zero attached hydrogens (tertiary/aromatic N) is 4. The second-order valence-electron chi connectivity index (χ2n) is 8.15. The highest BCUT2D eigenvalue weighted by Crippen LogP contribution is 2.48. The number of hydrogen-bond donors (Lipinski definition) is 1. The van der Waals surface area contributed by atoms with Gasteiger partial charge < -0.3 is 10.0 Å². The third kappa shape index (κ3) is 3.75. The van der Waals surface area contributed by atoms with Crippen LogP contribution in [0.3, 0.4) is 0 Å². The molecule has 6 nitrogen and oxygen atoms in total. The molecule has 1 saturated heterocycles. The van der Waals surface area contributed by atoms with Crippen LogP contribution in [0.1, 0.15) is 44.6 Å². The molecule has 1 saturated carbocycles. The molecule has 1 aromatic carbocycles. The highest BCUT2D eigenvalue weighted by atomic mass is 32.2. The average molecular weight is 387 g/mol. The summed E-state index contributed by atoms with van der Waals surface area (Å²) in [7, 11) is 0. The third-order valence-electron chi connectivity index (χ3n) is 5.81. The second kappa shape index (κ2) is 7.28. The fourth-order valence-electron chi connectivity index (χ4n) is 4.16. The first-order valence-electron chi connectivity index (χ1n) is 9.55. The first-order chi connectivity index (χ1) is 13.0. The highest BCUT2D eigenvalue weighted by molar-refractivity contribution is 7.99. The summed E-state index contributed by atoms with van der Waals surface area (Å²) in [6, 6.07) is 8.38. The number of likely N-dealkylation sites (tertiary alicyclic amines) is 1. The van der Waals surface area contributed by atoms with Crippen molar-refractivity contribution in [3.8, 4) is 5.69 Å². The molecule has 1 spiro atoms. The van der Waals surface area contributed by atoms with Crippen LogP contribution < -0.4 is 0 Å². The van der Waals surface area contributed by atoms with Crippen molar-refractivity contribution in [3.05, 3.63) is 36.2 Å². The van der Waals surface area contributed by atoms with E-state index < -0.39 is 0 Å². The maximum atomic E-state index is 12.6. The smallest absolute Gasteiger partial charge is 0.233 e. The van der Waals surface area contributed by atoms with Crippen LogP contribution in [0.2, 0.25) is 0 Å². The molecule has 1 N–H and O–H groups in total. The molecule has 1 aliphatic heterocycles. The van der Waals surface area contributed by atoms with Crippen molar-refractivity contribution in [2.45, 2.75) is 50.3 Å². The summed E-state index contributed by atoms with van der Waals surface area (Å²) in [4.78, 5) is 14.5. The number of hydrogen-bond acceptors (Lipinski definition) is 5. The van der Waals surface area contributed by atoms with Crippen LogP contribution >= 0.6 is 11.8 Å². The minimum absolute atomic E-state index is 0.142. The van der Waals surface area contributed by atoms with E-state index in [-0.39, 0.29) is 17.4 Å². The maximum absolute atomic E-state index is 12.6. The summed E-state index contributed by atoms with van der Waals surface area (Å²) in [6.45, 7) is 5.93. The maximum Gasteiger partial charge on any atom is 0.233 e. The molecule has 2 fully saturated rings. The lowest BCUT2D eigenvalue weighted by atomic mass is 9.66. The van der Waals surface area contributed by atoms with E-state index in [9.17, 15) is 9.90 Å². The Morgan fingerprint density at radius 3 is 2.74 bits per heavy atom. The van der Waals surface area contributed by atoms with Gasteiger partial charge in [-0.2, -0.15) is 0 Å². The first-order valence-corrected chi connectivity index (χ1v) is 10.5.